The molecule has 7 nitrogen and oxygen atoms in total. The van der Waals surface area contributed by atoms with Gasteiger partial charge >= 0.3 is 0 Å². The van der Waals surface area contributed by atoms with E-state index in [-0.39, 0.29) is 33.1 Å². The highest BCUT2D eigenvalue weighted by Gasteiger charge is 2.34. The van der Waals surface area contributed by atoms with Gasteiger partial charge in [-0.1, -0.05) is 71.2 Å². The average molecular weight is 591 g/mol. The number of benzene rings is 3. The van der Waals surface area contributed by atoms with Gasteiger partial charge in [0.15, 0.2) is 0 Å². The van der Waals surface area contributed by atoms with Gasteiger partial charge in [-0.25, -0.2) is 8.42 Å². The number of nitrogens with one attached hydrogen (secondary N) is 1. The van der Waals surface area contributed by atoms with E-state index in [0.29, 0.717) is 0 Å². The predicted molar refractivity (Wildman–Crippen MR) is 157 cm³/mol. The van der Waals surface area contributed by atoms with Crippen molar-refractivity contribution in [3.63, 3.8) is 0 Å². The Bertz CT molecular complexity index is 1420. The smallest absolute Gasteiger partial charge is 0.264 e. The molecule has 39 heavy (non-hydrogen) atoms. The molecular weight excluding hydrogens is 557 g/mol. The van der Waals surface area contributed by atoms with Crippen LogP contribution in [0.2, 0.25) is 10.0 Å². The van der Waals surface area contributed by atoms with E-state index < -0.39 is 34.1 Å². The van der Waals surface area contributed by atoms with Gasteiger partial charge in [-0.05, 0) is 70.5 Å². The first-order valence-electron chi connectivity index (χ1n) is 12.4. The lowest BCUT2D eigenvalue weighted by molar-refractivity contribution is -0.140. The van der Waals surface area contributed by atoms with Gasteiger partial charge in [0.05, 0.1) is 15.6 Å². The van der Waals surface area contributed by atoms with Crippen molar-refractivity contribution in [2.24, 2.45) is 0 Å². The Kier molecular flexibility index (Phi) is 9.69. The number of carbonyl (C=O) groups is 2. The number of sulfonamides is 1. The molecular formula is C29H33Cl2N3O4S. The second kappa shape index (κ2) is 12.4. The normalized spacial score (nSPS) is 12.5. The Morgan fingerprint density at radius 2 is 1.56 bits per heavy atom. The molecule has 2 amide bonds. The largest absolute Gasteiger partial charge is 0.350 e. The number of aryl methyl sites for hydroxylation is 1. The third-order valence-electron chi connectivity index (χ3n) is 5.93. The van der Waals surface area contributed by atoms with E-state index in [2.05, 4.69) is 5.32 Å². The molecule has 3 aromatic carbocycles. The number of hydrogen-bond donors (Lipinski definition) is 1. The Morgan fingerprint density at radius 1 is 0.949 bits per heavy atom. The number of halogens is 2. The second-order valence-electron chi connectivity index (χ2n) is 10.3. The zero-order valence-corrected chi connectivity index (χ0v) is 24.9. The van der Waals surface area contributed by atoms with Gasteiger partial charge in [0.2, 0.25) is 11.8 Å². The predicted octanol–water partition coefficient (Wildman–Crippen LogP) is 5.83. The minimum Gasteiger partial charge on any atom is -0.350 e. The van der Waals surface area contributed by atoms with Crippen LogP contribution in [0.4, 0.5) is 5.69 Å². The van der Waals surface area contributed by atoms with Crippen molar-refractivity contribution in [1.29, 1.82) is 0 Å². The fourth-order valence-electron chi connectivity index (χ4n) is 3.86. The Labute approximate surface area is 240 Å². The molecule has 0 aliphatic rings. The zero-order chi connectivity index (χ0) is 29.0. The standard InChI is InChI=1S/C29H33Cl2N3O4S/c1-20-11-13-22(14-12-20)18-33(21(2)28(36)32-29(3,4)5)27(35)19-34(26-17-23(30)15-16-25(26)31)39(37,38)24-9-7-6-8-10-24/h6-17,21H,18-19H2,1-5H3,(H,32,36). The summed E-state index contributed by atoms with van der Waals surface area (Å²) in [6, 6.07) is 18.8. The quantitative estimate of drug-likeness (QED) is 0.340. The maximum Gasteiger partial charge on any atom is 0.264 e. The van der Waals surface area contributed by atoms with Crippen LogP contribution in [0.25, 0.3) is 0 Å². The summed E-state index contributed by atoms with van der Waals surface area (Å²) in [6.07, 6.45) is 0. The molecule has 3 rings (SSSR count). The van der Waals surface area contributed by atoms with Crippen LogP contribution in [-0.2, 0) is 26.2 Å². The van der Waals surface area contributed by atoms with Gasteiger partial charge in [-0.15, -0.1) is 0 Å². The van der Waals surface area contributed by atoms with Crippen LogP contribution >= 0.6 is 23.2 Å². The molecule has 1 unspecified atom stereocenters. The molecule has 0 radical (unpaired) electrons. The third kappa shape index (κ3) is 7.97. The molecule has 0 fully saturated rings. The van der Waals surface area contributed by atoms with E-state index in [1.54, 1.807) is 25.1 Å². The summed E-state index contributed by atoms with van der Waals surface area (Å²) >= 11 is 12.6. The maximum atomic E-state index is 13.9. The van der Waals surface area contributed by atoms with Crippen molar-refractivity contribution in [3.8, 4) is 0 Å². The van der Waals surface area contributed by atoms with Crippen molar-refractivity contribution in [1.82, 2.24) is 10.2 Å². The summed E-state index contributed by atoms with van der Waals surface area (Å²) < 4.78 is 28.6. The third-order valence-corrected chi connectivity index (χ3v) is 8.25. The highest BCUT2D eigenvalue weighted by atomic mass is 35.5. The summed E-state index contributed by atoms with van der Waals surface area (Å²) in [5.41, 5.74) is 1.37. The highest BCUT2D eigenvalue weighted by molar-refractivity contribution is 7.92. The molecule has 208 valence electrons. The Hall–Kier alpha value is -3.07. The first kappa shape index (κ1) is 30.5. The molecule has 0 saturated heterocycles. The summed E-state index contributed by atoms with van der Waals surface area (Å²) in [6.45, 7) is 8.61. The van der Waals surface area contributed by atoms with Gasteiger partial charge < -0.3 is 10.2 Å². The lowest BCUT2D eigenvalue weighted by Crippen LogP contribution is -2.54. The highest BCUT2D eigenvalue weighted by Crippen LogP contribution is 2.33. The van der Waals surface area contributed by atoms with Crippen LogP contribution < -0.4 is 9.62 Å². The van der Waals surface area contributed by atoms with Crippen molar-refractivity contribution in [2.75, 3.05) is 10.8 Å². The Balaban J connectivity index is 2.06. The van der Waals surface area contributed by atoms with E-state index in [0.717, 1.165) is 15.4 Å². The Morgan fingerprint density at radius 3 is 2.15 bits per heavy atom. The minimum atomic E-state index is -4.23. The van der Waals surface area contributed by atoms with Crippen molar-refractivity contribution >= 4 is 50.7 Å². The van der Waals surface area contributed by atoms with Crippen LogP contribution in [-0.4, -0.2) is 43.3 Å². The van der Waals surface area contributed by atoms with Crippen molar-refractivity contribution in [2.45, 2.75) is 57.6 Å². The molecule has 10 heteroatoms. The first-order chi connectivity index (χ1) is 18.2. The maximum absolute atomic E-state index is 13.9. The van der Waals surface area contributed by atoms with Gasteiger partial charge in [-0.2, -0.15) is 0 Å². The molecule has 1 N–H and O–H groups in total. The van der Waals surface area contributed by atoms with E-state index in [1.165, 1.54) is 35.2 Å². The van der Waals surface area contributed by atoms with E-state index in [1.807, 2.05) is 52.0 Å². The van der Waals surface area contributed by atoms with E-state index >= 15 is 0 Å². The SMILES string of the molecule is Cc1ccc(CN(C(=O)CN(c2cc(Cl)ccc2Cl)S(=O)(=O)c2ccccc2)C(C)C(=O)NC(C)(C)C)cc1. The van der Waals surface area contributed by atoms with Crippen LogP contribution in [0, 0.1) is 6.92 Å². The minimum absolute atomic E-state index is 0.0162. The monoisotopic (exact) mass is 589 g/mol. The molecule has 3 aromatic rings. The molecule has 0 aliphatic heterocycles. The summed E-state index contributed by atoms with van der Waals surface area (Å²) in [5, 5.41) is 3.26. The van der Waals surface area contributed by atoms with Gasteiger partial charge in [0, 0.05) is 17.1 Å². The summed E-state index contributed by atoms with van der Waals surface area (Å²) in [7, 11) is -4.23. The number of hydrogen-bond acceptors (Lipinski definition) is 4. The van der Waals surface area contributed by atoms with E-state index in [4.69, 9.17) is 23.2 Å². The summed E-state index contributed by atoms with van der Waals surface area (Å²) in [5.74, 6) is -0.941. The topological polar surface area (TPSA) is 86.8 Å². The molecule has 0 aromatic heterocycles. The molecule has 0 saturated carbocycles. The number of nitrogens with zero attached hydrogens (tertiary/aromatic N) is 2. The lowest BCUT2D eigenvalue weighted by Gasteiger charge is -2.33. The van der Waals surface area contributed by atoms with Crippen LogP contribution in [0.3, 0.4) is 0 Å². The molecule has 0 aliphatic carbocycles. The lowest BCUT2D eigenvalue weighted by atomic mass is 10.1. The zero-order valence-electron chi connectivity index (χ0n) is 22.6. The fourth-order valence-corrected chi connectivity index (χ4v) is 5.74. The van der Waals surface area contributed by atoms with Crippen LogP contribution in [0.5, 0.6) is 0 Å². The van der Waals surface area contributed by atoms with Crippen molar-refractivity contribution in [3.05, 3.63) is 94.0 Å². The molecule has 0 bridgehead atoms. The fraction of sp³-hybridized carbons (Fsp3) is 0.310. The van der Waals surface area contributed by atoms with Crippen molar-refractivity contribution < 1.29 is 18.0 Å². The summed E-state index contributed by atoms with van der Waals surface area (Å²) in [4.78, 5) is 28.5. The van der Waals surface area contributed by atoms with Crippen LogP contribution in [0.15, 0.2) is 77.7 Å². The molecule has 0 heterocycles. The molecule has 1 atom stereocenters. The average Bonchev–Trinajstić information content (AvgIpc) is 2.87. The van der Waals surface area contributed by atoms with E-state index in [9.17, 15) is 18.0 Å². The molecule has 0 spiro atoms. The number of anilines is 1. The van der Waals surface area contributed by atoms with Crippen LogP contribution in [0.1, 0.15) is 38.8 Å². The van der Waals surface area contributed by atoms with Gasteiger partial charge in [0.1, 0.15) is 12.6 Å². The number of carbonyl (C=O) groups excluding carboxylic acids is 2. The van der Waals surface area contributed by atoms with Gasteiger partial charge in [-0.3, -0.25) is 13.9 Å². The second-order valence-corrected chi connectivity index (χ2v) is 13.0. The number of rotatable bonds is 9. The first-order valence-corrected chi connectivity index (χ1v) is 14.6. The van der Waals surface area contributed by atoms with Gasteiger partial charge in [0.25, 0.3) is 10.0 Å². The number of amides is 2.